The highest BCUT2D eigenvalue weighted by molar-refractivity contribution is 14.0. The molecule has 0 spiro atoms. The van der Waals surface area contributed by atoms with Gasteiger partial charge in [-0.2, -0.15) is 0 Å². The number of hydrogen-bond acceptors (Lipinski definition) is 3. The normalized spacial score (nSPS) is 15.8. The van der Waals surface area contributed by atoms with E-state index in [2.05, 4.69) is 22.9 Å². The molecule has 0 saturated heterocycles. The minimum atomic E-state index is 0. The molecule has 1 fully saturated rings. The fraction of sp³-hybridized carbons (Fsp3) is 0.652. The summed E-state index contributed by atoms with van der Waals surface area (Å²) < 4.78 is 0. The van der Waals surface area contributed by atoms with Gasteiger partial charge in [-0.05, 0) is 55.7 Å². The number of benzene rings is 1. The van der Waals surface area contributed by atoms with Crippen molar-refractivity contribution in [2.75, 3.05) is 25.0 Å². The zero-order valence-electron chi connectivity index (χ0n) is 18.5. The van der Waals surface area contributed by atoms with Crippen LogP contribution in [0, 0.1) is 5.41 Å². The van der Waals surface area contributed by atoms with E-state index in [-0.39, 0.29) is 41.9 Å². The number of halogens is 1. The summed E-state index contributed by atoms with van der Waals surface area (Å²) in [6, 6.07) is 7.86. The van der Waals surface area contributed by atoms with Crippen molar-refractivity contribution in [1.29, 1.82) is 0 Å². The van der Waals surface area contributed by atoms with Crippen molar-refractivity contribution in [1.82, 2.24) is 10.6 Å². The second kappa shape index (κ2) is 14.6. The first-order valence-electron chi connectivity index (χ1n) is 11.1. The molecule has 4 N–H and O–H groups in total. The summed E-state index contributed by atoms with van der Waals surface area (Å²) >= 11 is 0. The van der Waals surface area contributed by atoms with Crippen molar-refractivity contribution < 1.29 is 9.90 Å². The van der Waals surface area contributed by atoms with Gasteiger partial charge in [-0.3, -0.25) is 4.79 Å². The van der Waals surface area contributed by atoms with Crippen molar-refractivity contribution in [3.63, 3.8) is 0 Å². The lowest BCUT2D eigenvalue weighted by Gasteiger charge is -2.37. The van der Waals surface area contributed by atoms with Crippen LogP contribution in [0.2, 0.25) is 0 Å². The molecule has 0 aromatic heterocycles. The molecule has 0 bridgehead atoms. The Kier molecular flexibility index (Phi) is 13.0. The topological polar surface area (TPSA) is 85.8 Å². The van der Waals surface area contributed by atoms with Crippen LogP contribution in [0.1, 0.15) is 70.8 Å². The summed E-state index contributed by atoms with van der Waals surface area (Å²) in [6.45, 7) is 6.54. The van der Waals surface area contributed by atoms with Crippen LogP contribution in [0.4, 0.5) is 5.69 Å². The number of aliphatic hydroxyl groups excluding tert-OH is 1. The van der Waals surface area contributed by atoms with Gasteiger partial charge in [0.2, 0.25) is 5.91 Å². The first-order chi connectivity index (χ1) is 14.1. The second-order valence-electron chi connectivity index (χ2n) is 8.08. The van der Waals surface area contributed by atoms with Crippen LogP contribution >= 0.6 is 24.0 Å². The standard InChI is InChI=1S/C23H38N4O2.HI/c1-3-8-21(29)27-20-11-9-19(10-12-20)17-25-22(24-4-2)26-18-23(15-16-28)13-6-5-7-14-23;/h9-12,28H,3-8,13-18H2,1-2H3,(H,27,29)(H2,24,25,26);1H. The van der Waals surface area contributed by atoms with Gasteiger partial charge in [-0.25, -0.2) is 4.99 Å². The number of guanidine groups is 1. The molecule has 0 radical (unpaired) electrons. The van der Waals surface area contributed by atoms with Gasteiger partial charge in [0.15, 0.2) is 5.96 Å². The number of nitrogens with zero attached hydrogens (tertiary/aromatic N) is 1. The van der Waals surface area contributed by atoms with Crippen molar-refractivity contribution >= 4 is 41.5 Å². The Hall–Kier alpha value is -1.35. The van der Waals surface area contributed by atoms with E-state index in [0.29, 0.717) is 13.0 Å². The average Bonchev–Trinajstić information content (AvgIpc) is 2.72. The largest absolute Gasteiger partial charge is 0.396 e. The Morgan fingerprint density at radius 1 is 1.10 bits per heavy atom. The van der Waals surface area contributed by atoms with E-state index in [1.165, 1.54) is 32.1 Å². The Balaban J connectivity index is 0.00000450. The molecule has 0 aliphatic heterocycles. The molecular formula is C23H39IN4O2. The highest BCUT2D eigenvalue weighted by Crippen LogP contribution is 2.38. The minimum absolute atomic E-state index is 0. The van der Waals surface area contributed by atoms with Gasteiger partial charge in [-0.15, -0.1) is 24.0 Å². The third-order valence-corrected chi connectivity index (χ3v) is 5.67. The number of amides is 1. The van der Waals surface area contributed by atoms with Gasteiger partial charge in [0.05, 0.1) is 6.54 Å². The number of hydrogen-bond donors (Lipinski definition) is 4. The SMILES string of the molecule is CCCC(=O)Nc1ccc(CN=C(NCC)NCC2(CCO)CCCCC2)cc1.I. The van der Waals surface area contributed by atoms with Gasteiger partial charge in [0.25, 0.3) is 0 Å². The predicted molar refractivity (Wildman–Crippen MR) is 135 cm³/mol. The highest BCUT2D eigenvalue weighted by atomic mass is 127. The Morgan fingerprint density at radius 3 is 2.40 bits per heavy atom. The van der Waals surface area contributed by atoms with Crippen LogP contribution in [0.3, 0.4) is 0 Å². The van der Waals surface area contributed by atoms with E-state index in [1.807, 2.05) is 31.2 Å². The van der Waals surface area contributed by atoms with Gasteiger partial charge in [0, 0.05) is 31.8 Å². The van der Waals surface area contributed by atoms with Crippen LogP contribution in [-0.2, 0) is 11.3 Å². The molecule has 0 heterocycles. The summed E-state index contributed by atoms with van der Waals surface area (Å²) in [7, 11) is 0. The lowest BCUT2D eigenvalue weighted by Crippen LogP contribution is -2.44. The fourth-order valence-corrected chi connectivity index (χ4v) is 3.98. The Labute approximate surface area is 198 Å². The van der Waals surface area contributed by atoms with E-state index in [1.54, 1.807) is 0 Å². The van der Waals surface area contributed by atoms with E-state index >= 15 is 0 Å². The van der Waals surface area contributed by atoms with Crippen molar-refractivity contribution in [2.45, 2.75) is 71.8 Å². The molecule has 2 rings (SSSR count). The smallest absolute Gasteiger partial charge is 0.224 e. The summed E-state index contributed by atoms with van der Waals surface area (Å²) in [4.78, 5) is 16.4. The van der Waals surface area contributed by atoms with Crippen molar-refractivity contribution in [3.8, 4) is 0 Å². The Bertz CT molecular complexity index is 638. The highest BCUT2D eigenvalue weighted by Gasteiger charge is 2.31. The molecule has 1 aromatic rings. The summed E-state index contributed by atoms with van der Waals surface area (Å²) in [5.41, 5.74) is 2.10. The third kappa shape index (κ3) is 9.20. The maximum atomic E-state index is 11.7. The monoisotopic (exact) mass is 530 g/mol. The van der Waals surface area contributed by atoms with Gasteiger partial charge in [0.1, 0.15) is 0 Å². The molecular weight excluding hydrogens is 491 g/mol. The van der Waals surface area contributed by atoms with E-state index in [9.17, 15) is 9.90 Å². The number of carbonyl (C=O) groups excluding carboxylic acids is 1. The minimum Gasteiger partial charge on any atom is -0.396 e. The fourth-order valence-electron chi connectivity index (χ4n) is 3.98. The first kappa shape index (κ1) is 26.7. The quantitative estimate of drug-likeness (QED) is 0.205. The van der Waals surface area contributed by atoms with Gasteiger partial charge in [-0.1, -0.05) is 38.3 Å². The molecule has 1 aliphatic rings. The number of anilines is 1. The number of aliphatic hydroxyl groups is 1. The number of aliphatic imine (C=N–C) groups is 1. The molecule has 170 valence electrons. The van der Waals surface area contributed by atoms with Crippen LogP contribution in [0.5, 0.6) is 0 Å². The first-order valence-corrected chi connectivity index (χ1v) is 11.1. The lowest BCUT2D eigenvalue weighted by molar-refractivity contribution is -0.116. The predicted octanol–water partition coefficient (Wildman–Crippen LogP) is 4.43. The number of carbonyl (C=O) groups is 1. The van der Waals surface area contributed by atoms with Gasteiger partial charge < -0.3 is 21.1 Å². The van der Waals surface area contributed by atoms with Crippen LogP contribution in [0.15, 0.2) is 29.3 Å². The van der Waals surface area contributed by atoms with Crippen LogP contribution in [-0.4, -0.2) is 36.7 Å². The molecule has 1 aromatic carbocycles. The Morgan fingerprint density at radius 2 is 1.80 bits per heavy atom. The molecule has 1 amide bonds. The molecule has 6 nitrogen and oxygen atoms in total. The average molecular weight is 530 g/mol. The van der Waals surface area contributed by atoms with E-state index in [0.717, 1.165) is 43.1 Å². The molecule has 1 aliphatic carbocycles. The zero-order chi connectivity index (χ0) is 21.0. The zero-order valence-corrected chi connectivity index (χ0v) is 20.8. The molecule has 30 heavy (non-hydrogen) atoms. The summed E-state index contributed by atoms with van der Waals surface area (Å²) in [5.74, 6) is 0.868. The maximum Gasteiger partial charge on any atom is 0.224 e. The van der Waals surface area contributed by atoms with Gasteiger partial charge >= 0.3 is 0 Å². The number of nitrogens with one attached hydrogen (secondary N) is 3. The molecule has 1 saturated carbocycles. The van der Waals surface area contributed by atoms with E-state index < -0.39 is 0 Å². The molecule has 0 atom stereocenters. The van der Waals surface area contributed by atoms with Crippen molar-refractivity contribution in [3.05, 3.63) is 29.8 Å². The second-order valence-corrected chi connectivity index (χ2v) is 8.08. The molecule has 7 heteroatoms. The lowest BCUT2D eigenvalue weighted by atomic mass is 9.72. The van der Waals surface area contributed by atoms with Crippen LogP contribution < -0.4 is 16.0 Å². The maximum absolute atomic E-state index is 11.7. The third-order valence-electron chi connectivity index (χ3n) is 5.67. The van der Waals surface area contributed by atoms with Crippen LogP contribution in [0.25, 0.3) is 0 Å². The molecule has 0 unspecified atom stereocenters. The summed E-state index contributed by atoms with van der Waals surface area (Å²) in [5, 5.41) is 19.3. The van der Waals surface area contributed by atoms with E-state index in [4.69, 9.17) is 4.99 Å². The number of rotatable bonds is 10. The summed E-state index contributed by atoms with van der Waals surface area (Å²) in [6.07, 6.45) is 8.38. The van der Waals surface area contributed by atoms with Crippen molar-refractivity contribution in [2.24, 2.45) is 10.4 Å².